The number of benzene rings is 3. The zero-order valence-corrected chi connectivity index (χ0v) is 61.1. The zero-order chi connectivity index (χ0) is 75.5. The van der Waals surface area contributed by atoms with Gasteiger partial charge in [-0.25, -0.2) is 9.59 Å². The summed E-state index contributed by atoms with van der Waals surface area (Å²) in [7, 11) is 5.21. The number of aliphatic hydroxyl groups excluding tert-OH is 2. The van der Waals surface area contributed by atoms with Crippen LogP contribution in [0.25, 0.3) is 0 Å². The molecule has 0 aromatic heterocycles. The van der Waals surface area contributed by atoms with Gasteiger partial charge in [0.25, 0.3) is 11.8 Å². The van der Waals surface area contributed by atoms with E-state index in [1.54, 1.807) is 81.6 Å². The third kappa shape index (κ3) is 25.4. The average Bonchev–Trinajstić information content (AvgIpc) is 1.46. The predicted molar refractivity (Wildman–Crippen MR) is 386 cm³/mol. The number of primary amides is 1. The number of anilines is 3. The highest BCUT2D eigenvalue weighted by Gasteiger charge is 2.43. The first-order chi connectivity index (χ1) is 48.3. The van der Waals surface area contributed by atoms with Crippen LogP contribution in [0.3, 0.4) is 0 Å². The van der Waals surface area contributed by atoms with Gasteiger partial charge in [0.1, 0.15) is 30.8 Å². The summed E-state index contributed by atoms with van der Waals surface area (Å²) in [6.45, 7) is 17.0. The monoisotopic (exact) mass is 1420 g/mol. The van der Waals surface area contributed by atoms with E-state index in [1.165, 1.54) is 41.0 Å². The van der Waals surface area contributed by atoms with Crippen molar-refractivity contribution in [2.24, 2.45) is 35.3 Å². The summed E-state index contributed by atoms with van der Waals surface area (Å²) in [5, 5.41) is 45.9. The van der Waals surface area contributed by atoms with Crippen molar-refractivity contribution in [3.8, 4) is 0 Å². The second kappa shape index (κ2) is 41.0. The topological polar surface area (TPSA) is 390 Å². The fraction of sp³-hybridized carbons (Fsp3) is 0.568. The number of unbranched alkanes of at least 4 members (excludes halogenated alkanes) is 2. The molecule has 1 fully saturated rings. The van der Waals surface area contributed by atoms with Crippen molar-refractivity contribution < 1.29 is 72.5 Å². The number of carbonyl (C=O) groups excluding carboxylic acids is 12. The Morgan fingerprint density at radius 3 is 1.77 bits per heavy atom. The summed E-state index contributed by atoms with van der Waals surface area (Å²) in [4.78, 5) is 165. The molecule has 28 heteroatoms. The van der Waals surface area contributed by atoms with Gasteiger partial charge < -0.3 is 67.7 Å². The number of likely N-dealkylation sites (N-methyl/N-ethyl adjacent to an activating group) is 2. The summed E-state index contributed by atoms with van der Waals surface area (Å²) in [5.41, 5.74) is 7.51. The molecule has 0 radical (unpaired) electrons. The molecule has 2 heterocycles. The summed E-state index contributed by atoms with van der Waals surface area (Å²) in [6.07, 6.45) is 2.61. The Morgan fingerprint density at radius 1 is 0.627 bits per heavy atom. The number of ether oxygens (including phenoxy) is 1. The lowest BCUT2D eigenvalue weighted by atomic mass is 9.89. The van der Waals surface area contributed by atoms with Crippen LogP contribution in [0.1, 0.15) is 144 Å². The van der Waals surface area contributed by atoms with Gasteiger partial charge in [-0.3, -0.25) is 63.1 Å². The number of hydrogen-bond acceptors (Lipinski definition) is 16. The fourth-order valence-corrected chi connectivity index (χ4v) is 12.7. The number of carbonyl (C=O) groups is 12. The van der Waals surface area contributed by atoms with Crippen LogP contribution in [0.4, 0.5) is 26.7 Å². The lowest BCUT2D eigenvalue weighted by Crippen LogP contribution is -2.59. The predicted octanol–water partition coefficient (Wildman–Crippen LogP) is 5.33. The third-order valence-electron chi connectivity index (χ3n) is 18.9. The molecule has 0 aliphatic carbocycles. The number of imide groups is 1. The molecule has 28 nitrogen and oxygen atoms in total. The van der Waals surface area contributed by atoms with E-state index in [1.807, 2.05) is 66.6 Å². The zero-order valence-electron chi connectivity index (χ0n) is 61.1. The molecule has 102 heavy (non-hydrogen) atoms. The van der Waals surface area contributed by atoms with E-state index in [-0.39, 0.29) is 112 Å². The van der Waals surface area contributed by atoms with Gasteiger partial charge in [-0.2, -0.15) is 0 Å². The number of nitrogens with two attached hydrogens (primary N) is 1. The highest BCUT2D eigenvalue weighted by Crippen LogP contribution is 2.29. The Kier molecular flexibility index (Phi) is 33.5. The van der Waals surface area contributed by atoms with Crippen LogP contribution in [0, 0.1) is 29.6 Å². The van der Waals surface area contributed by atoms with Crippen LogP contribution in [-0.2, 0) is 65.7 Å². The number of nitrogens with zero attached hydrogens (tertiary/aromatic N) is 4. The standard InChI is InChI=1S/C74H109N13O15/c1-13-46(7)63(83-71(98)64(45(5)6)84(10)11)72(99)85(12)65(47(8)14-2)57(88)42-61(92)86-40-22-26-56(86)66(93)48(9)67(94)81-55(41-49-23-17-15-18-24-49)69(96)78-52-32-34-53(35-33-52)79-74(101)102-43-50-28-30-51(31-29-50)77-68(95)54(25-21-38-76-73(75)100)80-70(97)62(44(3)4)82-58(89)27-19-16-20-39-87-59(90)36-37-60(87)91/h15,17-18,23-24,28-37,44-48,54-57,62-66,88,93H,13-14,16,19-22,25-27,38-43H2,1-12H3,(H,77,95)(H,78,96)(H,79,101)(H,80,97)(H,81,94)(H,82,89)(H,83,98)(H3,75,76,100)/t46-,47+,48-,54+,55+,56+,57-,62+,63+,64+,65+,66-/m1/s1. The van der Waals surface area contributed by atoms with E-state index in [0.29, 0.717) is 67.6 Å². The molecule has 2 aliphatic rings. The molecule has 0 saturated carbocycles. The van der Waals surface area contributed by atoms with Crippen molar-refractivity contribution in [2.75, 3.05) is 56.7 Å². The quantitative estimate of drug-likeness (QED) is 0.0253. The third-order valence-corrected chi connectivity index (χ3v) is 18.9. The van der Waals surface area contributed by atoms with Gasteiger partial charge in [-0.15, -0.1) is 0 Å². The van der Waals surface area contributed by atoms with Crippen LogP contribution in [0.2, 0.25) is 0 Å². The van der Waals surface area contributed by atoms with Gasteiger partial charge in [-0.1, -0.05) is 124 Å². The maximum absolute atomic E-state index is 14.4. The minimum Gasteiger partial charge on any atom is -0.444 e. The number of rotatable bonds is 40. The number of nitrogens with one attached hydrogen (secondary N) is 8. The summed E-state index contributed by atoms with van der Waals surface area (Å²) in [5.74, 6) is -6.70. The summed E-state index contributed by atoms with van der Waals surface area (Å²) < 4.78 is 5.47. The van der Waals surface area contributed by atoms with Crippen LogP contribution in [-0.4, -0.2) is 196 Å². The van der Waals surface area contributed by atoms with Crippen molar-refractivity contribution in [2.45, 2.75) is 200 Å². The van der Waals surface area contributed by atoms with Crippen molar-refractivity contribution >= 4 is 88.3 Å². The Morgan fingerprint density at radius 2 is 1.21 bits per heavy atom. The number of urea groups is 1. The lowest BCUT2D eigenvalue weighted by molar-refractivity contribution is -0.146. The van der Waals surface area contributed by atoms with Gasteiger partial charge in [0.05, 0.1) is 42.7 Å². The molecule has 0 unspecified atom stereocenters. The molecule has 0 bridgehead atoms. The molecule has 5 rings (SSSR count). The first kappa shape index (κ1) is 83.4. The molecule has 1 saturated heterocycles. The first-order valence-electron chi connectivity index (χ1n) is 35.5. The maximum Gasteiger partial charge on any atom is 0.411 e. The largest absolute Gasteiger partial charge is 0.444 e. The average molecular weight is 1420 g/mol. The Labute approximate surface area is 599 Å². The van der Waals surface area contributed by atoms with Gasteiger partial charge in [0, 0.05) is 68.7 Å². The smallest absolute Gasteiger partial charge is 0.411 e. The number of likely N-dealkylation sites (tertiary alicyclic amines) is 1. The number of aliphatic hydroxyl groups is 2. The van der Waals surface area contributed by atoms with E-state index in [0.717, 1.165) is 10.5 Å². The number of hydrogen-bond donors (Lipinski definition) is 11. The SMILES string of the molecule is CC[C@@H](C)[C@H](NC(=O)[C@H](C(C)C)N(C)C)C(=O)N(C)[C@H]([C@H](O)CC(=O)N1CCC[C@H]1[C@H](O)[C@@H](C)C(=O)N[C@@H](Cc1ccccc1)C(=O)Nc1ccc(NC(=O)OCc2ccc(NC(=O)[C@H](CCCNC(N)=O)NC(=O)[C@@H](NC(=O)CCCCCN3C(=O)C=CC3=O)C(C)C)cc2)cc1)[C@@H](C)CC. The van der Waals surface area contributed by atoms with Crippen LogP contribution in [0.15, 0.2) is 91.0 Å². The Bertz CT molecular complexity index is 3330. The van der Waals surface area contributed by atoms with E-state index in [2.05, 4.69) is 42.5 Å². The van der Waals surface area contributed by atoms with Crippen LogP contribution in [0.5, 0.6) is 0 Å². The normalized spacial score (nSPS) is 16.9. The minimum atomic E-state index is -1.37. The first-order valence-corrected chi connectivity index (χ1v) is 35.5. The fourth-order valence-electron chi connectivity index (χ4n) is 12.7. The molecule has 2 aliphatic heterocycles. The molecular formula is C74H109N13O15. The van der Waals surface area contributed by atoms with E-state index < -0.39 is 102 Å². The Balaban J connectivity index is 1.14. The van der Waals surface area contributed by atoms with Crippen LogP contribution >= 0.6 is 0 Å². The molecule has 0 spiro atoms. The van der Waals surface area contributed by atoms with Crippen molar-refractivity contribution in [1.29, 1.82) is 0 Å². The highest BCUT2D eigenvalue weighted by atomic mass is 16.5. The van der Waals surface area contributed by atoms with E-state index in [4.69, 9.17) is 10.5 Å². The second-order valence-corrected chi connectivity index (χ2v) is 27.7. The molecule has 3 aromatic rings. The van der Waals surface area contributed by atoms with Gasteiger partial charge in [0.15, 0.2) is 0 Å². The van der Waals surface area contributed by atoms with Gasteiger partial charge in [-0.05, 0) is 124 Å². The second-order valence-electron chi connectivity index (χ2n) is 27.7. The van der Waals surface area contributed by atoms with Crippen molar-refractivity contribution in [3.05, 3.63) is 102 Å². The molecule has 560 valence electrons. The molecule has 3 aromatic carbocycles. The summed E-state index contributed by atoms with van der Waals surface area (Å²) >= 11 is 0. The van der Waals surface area contributed by atoms with Crippen molar-refractivity contribution in [3.63, 3.8) is 0 Å². The Hall–Kier alpha value is -9.28. The summed E-state index contributed by atoms with van der Waals surface area (Å²) in [6, 6.07) is 14.6. The van der Waals surface area contributed by atoms with E-state index >= 15 is 0 Å². The number of amides is 13. The lowest BCUT2D eigenvalue weighted by Gasteiger charge is -2.40. The molecule has 13 amide bonds. The van der Waals surface area contributed by atoms with E-state index in [9.17, 15) is 67.7 Å². The molecule has 12 atom stereocenters. The highest BCUT2D eigenvalue weighted by molar-refractivity contribution is 6.13. The van der Waals surface area contributed by atoms with Gasteiger partial charge in [0.2, 0.25) is 47.3 Å². The maximum atomic E-state index is 14.4. The minimum absolute atomic E-state index is 0.0367. The van der Waals surface area contributed by atoms with Crippen LogP contribution < -0.4 is 48.3 Å². The van der Waals surface area contributed by atoms with Crippen molar-refractivity contribution in [1.82, 2.24) is 46.2 Å². The molecule has 12 N–H and O–H groups in total. The van der Waals surface area contributed by atoms with Gasteiger partial charge >= 0.3 is 12.1 Å². The molecular weight excluding hydrogens is 1310 g/mol.